The van der Waals surface area contributed by atoms with Gasteiger partial charge >= 0.3 is 0 Å². The fourth-order valence-corrected chi connectivity index (χ4v) is 5.42. The molecule has 0 N–H and O–H groups in total. The van der Waals surface area contributed by atoms with E-state index >= 15 is 0 Å². The number of ketones is 1. The summed E-state index contributed by atoms with van der Waals surface area (Å²) in [6, 6.07) is 0. The number of rotatable bonds is 11. The molecule has 1 aromatic rings. The number of unbranched alkanes of at least 4 members (excludes halogenated alkanes) is 1. The molecule has 0 unspecified atom stereocenters. The summed E-state index contributed by atoms with van der Waals surface area (Å²) in [4.78, 5) is 20.0. The van der Waals surface area contributed by atoms with Gasteiger partial charge in [0.25, 0.3) is 11.6 Å². The molecular formula is C22H34F2N2O2S. The fraction of sp³-hybridized carbons (Fsp3) is 0.818. The van der Waals surface area contributed by atoms with Crippen molar-refractivity contribution in [3.05, 3.63) is 10.6 Å². The molecule has 0 radical (unpaired) electrons. The van der Waals surface area contributed by atoms with Crippen LogP contribution in [-0.4, -0.2) is 41.8 Å². The number of hydrogen-bond acceptors (Lipinski definition) is 5. The largest absolute Gasteiger partial charge is 0.464 e. The molecule has 2 heterocycles. The summed E-state index contributed by atoms with van der Waals surface area (Å²) >= 11 is 1.41. The maximum absolute atomic E-state index is 12.3. The minimum atomic E-state index is -2.46. The predicted molar refractivity (Wildman–Crippen MR) is 112 cm³/mol. The lowest BCUT2D eigenvalue weighted by molar-refractivity contribution is -0.120. The molecular weight excluding hydrogens is 394 g/mol. The molecule has 1 fully saturated rings. The van der Waals surface area contributed by atoms with E-state index in [4.69, 9.17) is 4.74 Å². The van der Waals surface area contributed by atoms with Gasteiger partial charge < -0.3 is 4.74 Å². The standard InChI is InChI=1S/C22H34F2N2O2S/c1-2-3-4-18(27)13-17-7-5-16(6-8-17)9-11-26-12-10-20-19(14-26)25-22(29-20)28-15-21(23)24/h16-17,21H,2-15H2,1H3. The van der Waals surface area contributed by atoms with Gasteiger partial charge in [-0.15, -0.1) is 0 Å². The third kappa shape index (κ3) is 7.28. The van der Waals surface area contributed by atoms with E-state index in [1.165, 1.54) is 48.3 Å². The monoisotopic (exact) mass is 428 g/mol. The lowest BCUT2D eigenvalue weighted by Crippen LogP contribution is -2.32. The Morgan fingerprint density at radius 1 is 1.28 bits per heavy atom. The number of carbonyl (C=O) groups excluding carboxylic acids is 1. The third-order valence-corrected chi connectivity index (χ3v) is 7.34. The van der Waals surface area contributed by atoms with Crippen LogP contribution in [0, 0.1) is 11.8 Å². The average molecular weight is 429 g/mol. The Hall–Kier alpha value is -1.08. The van der Waals surface area contributed by atoms with Gasteiger partial charge in [-0.25, -0.2) is 13.8 Å². The number of hydrogen-bond donors (Lipinski definition) is 0. The molecule has 0 spiro atoms. The maximum atomic E-state index is 12.3. The van der Waals surface area contributed by atoms with E-state index in [1.807, 2.05) is 0 Å². The second-order valence-corrected chi connectivity index (χ2v) is 9.65. The quantitative estimate of drug-likeness (QED) is 0.467. The highest BCUT2D eigenvalue weighted by molar-refractivity contribution is 7.13. The van der Waals surface area contributed by atoms with E-state index in [0.717, 1.165) is 63.4 Å². The summed E-state index contributed by atoms with van der Waals surface area (Å²) in [7, 11) is 0. The van der Waals surface area contributed by atoms with Crippen LogP contribution in [0.3, 0.4) is 0 Å². The molecule has 0 amide bonds. The molecule has 29 heavy (non-hydrogen) atoms. The van der Waals surface area contributed by atoms with Gasteiger partial charge in [0.1, 0.15) is 5.78 Å². The van der Waals surface area contributed by atoms with Crippen LogP contribution in [0.1, 0.15) is 75.3 Å². The summed E-state index contributed by atoms with van der Waals surface area (Å²) in [5, 5.41) is 0.379. The number of nitrogens with zero attached hydrogens (tertiary/aromatic N) is 2. The van der Waals surface area contributed by atoms with Gasteiger partial charge in [0.2, 0.25) is 0 Å². The SMILES string of the molecule is CCCCC(=O)CC1CCC(CCN2CCc3sc(OCC(F)F)nc3C2)CC1. The predicted octanol–water partition coefficient (Wildman–Crippen LogP) is 5.49. The van der Waals surface area contributed by atoms with Crippen molar-refractivity contribution in [2.45, 2.75) is 84.1 Å². The first-order valence-corrected chi connectivity index (χ1v) is 12.0. The molecule has 0 aromatic carbocycles. The molecule has 0 saturated heterocycles. The second-order valence-electron chi connectivity index (χ2n) is 8.60. The summed E-state index contributed by atoms with van der Waals surface area (Å²) < 4.78 is 29.7. The van der Waals surface area contributed by atoms with Gasteiger partial charge in [-0.2, -0.15) is 0 Å². The summed E-state index contributed by atoms with van der Waals surface area (Å²) in [6.07, 6.45) is 8.24. The van der Waals surface area contributed by atoms with Crippen molar-refractivity contribution in [2.24, 2.45) is 11.8 Å². The van der Waals surface area contributed by atoms with Gasteiger partial charge in [0.05, 0.1) is 5.69 Å². The Morgan fingerprint density at radius 3 is 2.76 bits per heavy atom. The Labute approximate surface area is 177 Å². The van der Waals surface area contributed by atoms with Crippen LogP contribution < -0.4 is 4.74 Å². The molecule has 4 nitrogen and oxygen atoms in total. The van der Waals surface area contributed by atoms with Crippen molar-refractivity contribution in [2.75, 3.05) is 19.7 Å². The van der Waals surface area contributed by atoms with Gasteiger partial charge in [-0.1, -0.05) is 37.5 Å². The second kappa shape index (κ2) is 11.3. The Balaban J connectivity index is 1.35. The number of alkyl halides is 2. The number of aromatic nitrogens is 1. The van der Waals surface area contributed by atoms with E-state index in [1.54, 1.807) is 0 Å². The highest BCUT2D eigenvalue weighted by Crippen LogP contribution is 2.34. The fourth-order valence-electron chi connectivity index (χ4n) is 4.50. The molecule has 1 aliphatic heterocycles. The number of fused-ring (bicyclic) bond motifs is 1. The summed E-state index contributed by atoms with van der Waals surface area (Å²) in [5.74, 6) is 1.83. The van der Waals surface area contributed by atoms with E-state index in [0.29, 0.717) is 16.9 Å². The third-order valence-electron chi connectivity index (χ3n) is 6.27. The molecule has 164 valence electrons. The molecule has 2 aliphatic rings. The zero-order valence-electron chi connectivity index (χ0n) is 17.5. The molecule has 0 atom stereocenters. The first-order chi connectivity index (χ1) is 14.0. The highest BCUT2D eigenvalue weighted by atomic mass is 32.1. The molecule has 0 bridgehead atoms. The van der Waals surface area contributed by atoms with Gasteiger partial charge in [-0.3, -0.25) is 9.69 Å². The van der Waals surface area contributed by atoms with Gasteiger partial charge in [0, 0.05) is 30.8 Å². The Kier molecular flexibility index (Phi) is 8.85. The lowest BCUT2D eigenvalue weighted by Gasteiger charge is -2.31. The van der Waals surface area contributed by atoms with Crippen LogP contribution in [0.4, 0.5) is 8.78 Å². The maximum Gasteiger partial charge on any atom is 0.273 e. The molecule has 1 aliphatic carbocycles. The summed E-state index contributed by atoms with van der Waals surface area (Å²) in [6.45, 7) is 4.42. The van der Waals surface area contributed by atoms with Crippen molar-refractivity contribution < 1.29 is 18.3 Å². The van der Waals surface area contributed by atoms with Crippen molar-refractivity contribution in [1.29, 1.82) is 0 Å². The normalized spacial score (nSPS) is 22.6. The molecule has 7 heteroatoms. The first-order valence-electron chi connectivity index (χ1n) is 11.2. The Bertz CT molecular complexity index is 645. The number of halogens is 2. The van der Waals surface area contributed by atoms with Gasteiger partial charge in [0.15, 0.2) is 6.61 Å². The van der Waals surface area contributed by atoms with Crippen molar-refractivity contribution in [1.82, 2.24) is 9.88 Å². The van der Waals surface area contributed by atoms with E-state index in [2.05, 4.69) is 16.8 Å². The van der Waals surface area contributed by atoms with Crippen LogP contribution in [0.15, 0.2) is 0 Å². The highest BCUT2D eigenvalue weighted by Gasteiger charge is 2.25. The molecule has 3 rings (SSSR count). The molecule has 1 aromatic heterocycles. The average Bonchev–Trinajstić information content (AvgIpc) is 3.12. The number of carbonyl (C=O) groups is 1. The minimum Gasteiger partial charge on any atom is -0.464 e. The van der Waals surface area contributed by atoms with Crippen LogP contribution in [-0.2, 0) is 17.8 Å². The van der Waals surface area contributed by atoms with E-state index in [-0.39, 0.29) is 0 Å². The van der Waals surface area contributed by atoms with Crippen LogP contribution >= 0.6 is 11.3 Å². The van der Waals surface area contributed by atoms with E-state index in [9.17, 15) is 13.6 Å². The van der Waals surface area contributed by atoms with Gasteiger partial charge in [-0.05, 0) is 50.5 Å². The Morgan fingerprint density at radius 2 is 2.03 bits per heavy atom. The smallest absolute Gasteiger partial charge is 0.273 e. The number of Topliss-reactive ketones (excluding diaryl/α,β-unsaturated/α-hetero) is 1. The number of ether oxygens (including phenoxy) is 1. The van der Waals surface area contributed by atoms with Crippen molar-refractivity contribution >= 4 is 17.1 Å². The van der Waals surface area contributed by atoms with Crippen LogP contribution in [0.2, 0.25) is 0 Å². The summed E-state index contributed by atoms with van der Waals surface area (Å²) in [5.41, 5.74) is 1.000. The molecule has 1 saturated carbocycles. The topological polar surface area (TPSA) is 42.4 Å². The van der Waals surface area contributed by atoms with Crippen molar-refractivity contribution in [3.63, 3.8) is 0 Å². The van der Waals surface area contributed by atoms with E-state index < -0.39 is 13.0 Å². The zero-order valence-corrected chi connectivity index (χ0v) is 18.3. The van der Waals surface area contributed by atoms with Crippen molar-refractivity contribution in [3.8, 4) is 5.19 Å². The van der Waals surface area contributed by atoms with Crippen LogP contribution in [0.25, 0.3) is 0 Å². The first kappa shape index (κ1) is 22.6. The number of thiazole rings is 1. The minimum absolute atomic E-state index is 0.379. The van der Waals surface area contributed by atoms with Crippen LogP contribution in [0.5, 0.6) is 5.19 Å². The zero-order chi connectivity index (χ0) is 20.6. The lowest BCUT2D eigenvalue weighted by atomic mass is 9.78.